The Morgan fingerprint density at radius 3 is 2.32 bits per heavy atom. The first-order valence-electron chi connectivity index (χ1n) is 11.6. The van der Waals surface area contributed by atoms with E-state index in [0.29, 0.717) is 39.2 Å². The number of methoxy groups -OCH3 is 2. The predicted octanol–water partition coefficient (Wildman–Crippen LogP) is 5.24. The van der Waals surface area contributed by atoms with Crippen molar-refractivity contribution in [2.45, 2.75) is 6.92 Å². The summed E-state index contributed by atoms with van der Waals surface area (Å²) in [5.41, 5.74) is 2.62. The van der Waals surface area contributed by atoms with Crippen molar-refractivity contribution >= 4 is 46.7 Å². The molecular weight excluding hydrogens is 508 g/mol. The number of carbonyl (C=O) groups is 3. The van der Waals surface area contributed by atoms with E-state index >= 15 is 0 Å². The number of esters is 1. The van der Waals surface area contributed by atoms with Gasteiger partial charge in [0, 0.05) is 16.4 Å². The van der Waals surface area contributed by atoms with E-state index in [-0.39, 0.29) is 23.8 Å². The van der Waals surface area contributed by atoms with Crippen molar-refractivity contribution < 1.29 is 28.6 Å². The van der Waals surface area contributed by atoms with E-state index in [0.717, 1.165) is 0 Å². The highest BCUT2D eigenvalue weighted by Gasteiger charge is 2.38. The average Bonchev–Trinajstić information content (AvgIpc) is 3.17. The van der Waals surface area contributed by atoms with Gasteiger partial charge in [-0.15, -0.1) is 0 Å². The maximum atomic E-state index is 13.2. The van der Waals surface area contributed by atoms with E-state index in [9.17, 15) is 14.4 Å². The number of para-hydroxylation sites is 2. The van der Waals surface area contributed by atoms with Gasteiger partial charge in [0.25, 0.3) is 5.91 Å². The van der Waals surface area contributed by atoms with Gasteiger partial charge in [-0.1, -0.05) is 35.9 Å². The first kappa shape index (κ1) is 26.5. The fraction of sp³-hybridized carbons (Fsp3) is 0.138. The smallest absolute Gasteiger partial charge is 0.343 e. The Labute approximate surface area is 225 Å². The van der Waals surface area contributed by atoms with Gasteiger partial charge in [0.1, 0.15) is 17.1 Å². The normalized spacial score (nSPS) is 14.1. The summed E-state index contributed by atoms with van der Waals surface area (Å²) in [6.45, 7) is 1.49. The van der Waals surface area contributed by atoms with Gasteiger partial charge >= 0.3 is 5.97 Å². The molecule has 8 nitrogen and oxygen atoms in total. The zero-order valence-corrected chi connectivity index (χ0v) is 21.7. The zero-order valence-electron chi connectivity index (χ0n) is 21.0. The highest BCUT2D eigenvalue weighted by Crippen LogP contribution is 2.36. The van der Waals surface area contributed by atoms with Gasteiger partial charge in [-0.3, -0.25) is 9.59 Å². The summed E-state index contributed by atoms with van der Waals surface area (Å²) in [6, 6.07) is 20.9. The number of nitrogens with one attached hydrogen (secondary N) is 1. The minimum absolute atomic E-state index is 0.0327. The van der Waals surface area contributed by atoms with E-state index < -0.39 is 11.8 Å². The van der Waals surface area contributed by atoms with E-state index in [1.165, 1.54) is 14.2 Å². The number of benzene rings is 3. The second kappa shape index (κ2) is 11.7. The van der Waals surface area contributed by atoms with Gasteiger partial charge in [0.2, 0.25) is 5.78 Å². The van der Waals surface area contributed by atoms with Crippen molar-refractivity contribution in [1.29, 1.82) is 0 Å². The molecule has 1 amide bonds. The van der Waals surface area contributed by atoms with Crippen LogP contribution in [0.25, 0.3) is 6.08 Å². The molecule has 0 spiro atoms. The number of carbonyl (C=O) groups excluding carboxylic acids is 3. The highest BCUT2D eigenvalue weighted by molar-refractivity contribution is 6.31. The Balaban J connectivity index is 1.51. The molecular formula is C29H25ClN2O6. The molecule has 9 heteroatoms. The summed E-state index contributed by atoms with van der Waals surface area (Å²) >= 11 is 6.04. The average molecular weight is 533 g/mol. The molecule has 4 rings (SSSR count). The lowest BCUT2D eigenvalue weighted by molar-refractivity contribution is -0.137. The zero-order chi connectivity index (χ0) is 27.2. The minimum atomic E-state index is -0.704. The van der Waals surface area contributed by atoms with Gasteiger partial charge in [-0.05, 0) is 67.1 Å². The van der Waals surface area contributed by atoms with Gasteiger partial charge in [0.15, 0.2) is 6.61 Å². The van der Waals surface area contributed by atoms with E-state index in [4.69, 9.17) is 25.8 Å². The van der Waals surface area contributed by atoms with Crippen LogP contribution in [0.3, 0.4) is 0 Å². The third kappa shape index (κ3) is 5.71. The van der Waals surface area contributed by atoms with Crippen molar-refractivity contribution in [2.75, 3.05) is 31.0 Å². The SMILES string of the molecule is COC(=O)C1=C(C)N(c2ccc(Cl)cc2)C(=Cc2ccc(OCC(=O)Nc3ccccc3OC)cc2)C1=O. The molecule has 1 heterocycles. The Morgan fingerprint density at radius 2 is 1.66 bits per heavy atom. The molecule has 0 saturated heterocycles. The number of allylic oxidation sites excluding steroid dienone is 2. The summed E-state index contributed by atoms with van der Waals surface area (Å²) in [5, 5.41) is 3.30. The Bertz CT molecular complexity index is 1430. The molecule has 0 atom stereocenters. The van der Waals surface area contributed by atoms with Crippen molar-refractivity contribution in [3.8, 4) is 11.5 Å². The molecule has 0 saturated carbocycles. The van der Waals surface area contributed by atoms with Crippen LogP contribution >= 0.6 is 11.6 Å². The van der Waals surface area contributed by atoms with Crippen molar-refractivity contribution in [1.82, 2.24) is 0 Å². The topological polar surface area (TPSA) is 94.2 Å². The highest BCUT2D eigenvalue weighted by atomic mass is 35.5. The monoisotopic (exact) mass is 532 g/mol. The number of ketones is 1. The number of Topliss-reactive ketones (excluding diaryl/α,β-unsaturated/α-hetero) is 1. The number of amides is 1. The molecule has 0 aliphatic carbocycles. The molecule has 1 N–H and O–H groups in total. The molecule has 38 heavy (non-hydrogen) atoms. The van der Waals surface area contributed by atoms with Gasteiger partial charge < -0.3 is 24.4 Å². The number of hydrogen-bond acceptors (Lipinski definition) is 7. The van der Waals surface area contributed by atoms with Gasteiger partial charge in [0.05, 0.1) is 25.6 Å². The molecule has 0 unspecified atom stereocenters. The van der Waals surface area contributed by atoms with Crippen LogP contribution in [-0.2, 0) is 19.1 Å². The summed E-state index contributed by atoms with van der Waals surface area (Å²) in [6.07, 6.45) is 1.68. The molecule has 0 fully saturated rings. The fourth-order valence-electron chi connectivity index (χ4n) is 3.98. The number of nitrogens with zero attached hydrogens (tertiary/aromatic N) is 1. The number of halogens is 1. The molecule has 1 aliphatic rings. The van der Waals surface area contributed by atoms with Crippen molar-refractivity contribution in [3.63, 3.8) is 0 Å². The van der Waals surface area contributed by atoms with Crippen LogP contribution in [0, 0.1) is 0 Å². The molecule has 194 valence electrons. The number of anilines is 2. The first-order chi connectivity index (χ1) is 18.3. The lowest BCUT2D eigenvalue weighted by Gasteiger charge is -2.21. The third-order valence-corrected chi connectivity index (χ3v) is 6.06. The summed E-state index contributed by atoms with van der Waals surface area (Å²) in [4.78, 5) is 39.6. The van der Waals surface area contributed by atoms with E-state index in [1.807, 2.05) is 6.07 Å². The van der Waals surface area contributed by atoms with E-state index in [1.54, 1.807) is 84.6 Å². The van der Waals surface area contributed by atoms with Crippen molar-refractivity contribution in [2.24, 2.45) is 0 Å². The quantitative estimate of drug-likeness (QED) is 0.241. The number of ether oxygens (including phenoxy) is 3. The van der Waals surface area contributed by atoms with Crippen LogP contribution in [0.2, 0.25) is 5.02 Å². The van der Waals surface area contributed by atoms with Crippen molar-refractivity contribution in [3.05, 3.63) is 100 Å². The molecule has 3 aromatic carbocycles. The summed E-state index contributed by atoms with van der Waals surface area (Å²) < 4.78 is 15.7. The summed E-state index contributed by atoms with van der Waals surface area (Å²) in [5.74, 6) is -0.470. The van der Waals surface area contributed by atoms with Crippen LogP contribution in [0.15, 0.2) is 89.8 Å². The standard InChI is InChI=1S/C29H25ClN2O6/c1-18-27(29(35)37-3)28(34)24(32(18)21-12-10-20(30)11-13-21)16-19-8-14-22(15-9-19)38-17-26(33)31-23-6-4-5-7-25(23)36-2/h4-16H,17H2,1-3H3,(H,31,33). The van der Waals surface area contributed by atoms with Crippen LogP contribution < -0.4 is 19.7 Å². The van der Waals surface area contributed by atoms with Crippen LogP contribution in [0.4, 0.5) is 11.4 Å². The molecule has 3 aromatic rings. The van der Waals surface area contributed by atoms with Crippen LogP contribution in [-0.4, -0.2) is 38.5 Å². The second-order valence-electron chi connectivity index (χ2n) is 8.23. The lowest BCUT2D eigenvalue weighted by Crippen LogP contribution is -2.20. The predicted molar refractivity (Wildman–Crippen MR) is 145 cm³/mol. The van der Waals surface area contributed by atoms with Crippen LogP contribution in [0.1, 0.15) is 12.5 Å². The molecule has 0 aromatic heterocycles. The first-order valence-corrected chi connectivity index (χ1v) is 12.0. The maximum Gasteiger partial charge on any atom is 0.343 e. The van der Waals surface area contributed by atoms with Gasteiger partial charge in [-0.2, -0.15) is 0 Å². The molecule has 1 aliphatic heterocycles. The van der Waals surface area contributed by atoms with Crippen LogP contribution in [0.5, 0.6) is 11.5 Å². The lowest BCUT2D eigenvalue weighted by atomic mass is 10.1. The van der Waals surface area contributed by atoms with E-state index in [2.05, 4.69) is 5.32 Å². The Kier molecular flexibility index (Phi) is 8.13. The van der Waals surface area contributed by atoms with Gasteiger partial charge in [-0.25, -0.2) is 4.79 Å². The fourth-order valence-corrected chi connectivity index (χ4v) is 4.11. The minimum Gasteiger partial charge on any atom is -0.495 e. The molecule has 0 bridgehead atoms. The second-order valence-corrected chi connectivity index (χ2v) is 8.67. The number of hydrogen-bond donors (Lipinski definition) is 1. The Morgan fingerprint density at radius 1 is 0.974 bits per heavy atom. The largest absolute Gasteiger partial charge is 0.495 e. The maximum absolute atomic E-state index is 13.2. The Hall–Kier alpha value is -4.56. The molecule has 0 radical (unpaired) electrons. The summed E-state index contributed by atoms with van der Waals surface area (Å²) in [7, 11) is 2.76. The third-order valence-electron chi connectivity index (χ3n) is 5.81. The number of rotatable bonds is 8.